The summed E-state index contributed by atoms with van der Waals surface area (Å²) in [7, 11) is 0. The molecule has 1 aromatic rings. The van der Waals surface area contributed by atoms with Crippen molar-refractivity contribution in [3.8, 4) is 0 Å². The van der Waals surface area contributed by atoms with Gasteiger partial charge < -0.3 is 19.7 Å². The number of benzene rings is 1. The van der Waals surface area contributed by atoms with Crippen LogP contribution in [0, 0.1) is 11.8 Å². The van der Waals surface area contributed by atoms with E-state index in [-0.39, 0.29) is 30.3 Å². The molecule has 2 N–H and O–H groups in total. The summed E-state index contributed by atoms with van der Waals surface area (Å²) in [6, 6.07) is 9.22. The van der Waals surface area contributed by atoms with Gasteiger partial charge in [-0.25, -0.2) is 9.59 Å². The summed E-state index contributed by atoms with van der Waals surface area (Å²) in [5, 5.41) is 20.1. The van der Waals surface area contributed by atoms with Gasteiger partial charge in [-0.2, -0.15) is 0 Å². The first-order chi connectivity index (χ1) is 18.7. The summed E-state index contributed by atoms with van der Waals surface area (Å²) in [4.78, 5) is 24.8. The Labute approximate surface area is 241 Å². The topological polar surface area (TPSA) is 93.1 Å². The van der Waals surface area contributed by atoms with Gasteiger partial charge in [0.25, 0.3) is 0 Å². The van der Waals surface area contributed by atoms with E-state index < -0.39 is 23.1 Å². The number of esters is 2. The van der Waals surface area contributed by atoms with Gasteiger partial charge in [-0.05, 0) is 102 Å². The predicted molar refractivity (Wildman–Crippen MR) is 160 cm³/mol. The molecule has 6 heteroatoms. The molecule has 6 nitrogen and oxygen atoms in total. The molecule has 0 bridgehead atoms. The Morgan fingerprint density at radius 3 is 1.82 bits per heavy atom. The maximum absolute atomic E-state index is 12.4. The van der Waals surface area contributed by atoms with Crippen molar-refractivity contribution in [1.82, 2.24) is 0 Å². The van der Waals surface area contributed by atoms with Gasteiger partial charge in [0.05, 0.1) is 35.6 Å². The number of unbranched alkanes of at least 4 members (excludes halogenated alkanes) is 2. The van der Waals surface area contributed by atoms with Crippen molar-refractivity contribution in [1.29, 1.82) is 0 Å². The summed E-state index contributed by atoms with van der Waals surface area (Å²) >= 11 is 0. The molecule has 40 heavy (non-hydrogen) atoms. The highest BCUT2D eigenvalue weighted by Crippen LogP contribution is 2.38. The summed E-state index contributed by atoms with van der Waals surface area (Å²) < 4.78 is 10.9. The van der Waals surface area contributed by atoms with Gasteiger partial charge in [0.15, 0.2) is 0 Å². The number of hydrogen-bond donors (Lipinski definition) is 2. The standard InChI is InChI=1S/C34H52O6/c1-8-9-10-11-26-14-18-29(19-15-26)30-20-16-27(17-21-30)12-13-28(22-39-31(35)24(2)33(4,5)37)23-40-32(36)25(3)34(6,7)38/h14-15,18-19,27-28,30,37-38H,2-3,8-13,16-17,20-23H2,1,4-7H3. The van der Waals surface area contributed by atoms with Gasteiger partial charge in [-0.3, -0.25) is 0 Å². The van der Waals surface area contributed by atoms with Crippen LogP contribution in [0.25, 0.3) is 0 Å². The molecule has 0 spiro atoms. The third-order valence-corrected chi connectivity index (χ3v) is 8.22. The van der Waals surface area contributed by atoms with Crippen molar-refractivity contribution in [3.63, 3.8) is 0 Å². The number of hydrogen-bond acceptors (Lipinski definition) is 6. The van der Waals surface area contributed by atoms with E-state index >= 15 is 0 Å². The summed E-state index contributed by atoms with van der Waals surface area (Å²) in [6.45, 7) is 15.6. The molecule has 0 unspecified atom stereocenters. The van der Waals surface area contributed by atoms with Gasteiger partial charge in [-0.1, -0.05) is 57.2 Å². The molecule has 1 fully saturated rings. The van der Waals surface area contributed by atoms with E-state index in [2.05, 4.69) is 44.3 Å². The average molecular weight is 557 g/mol. The average Bonchev–Trinajstić information content (AvgIpc) is 2.91. The van der Waals surface area contributed by atoms with Crippen LogP contribution in [0.1, 0.15) is 109 Å². The molecular weight excluding hydrogens is 504 g/mol. The fraction of sp³-hybridized carbons (Fsp3) is 0.647. The molecule has 0 atom stereocenters. The first-order valence-corrected chi connectivity index (χ1v) is 15.0. The molecule has 0 saturated heterocycles. The van der Waals surface area contributed by atoms with Crippen LogP contribution in [-0.4, -0.2) is 46.6 Å². The zero-order chi connectivity index (χ0) is 29.9. The molecule has 0 radical (unpaired) electrons. The minimum atomic E-state index is -1.38. The second kappa shape index (κ2) is 15.5. The third kappa shape index (κ3) is 11.2. The van der Waals surface area contributed by atoms with Crippen LogP contribution in [0.4, 0.5) is 0 Å². The molecular formula is C34H52O6. The van der Waals surface area contributed by atoms with E-state index in [1.165, 1.54) is 58.1 Å². The van der Waals surface area contributed by atoms with Gasteiger partial charge in [0, 0.05) is 5.92 Å². The number of aryl methyl sites for hydroxylation is 1. The lowest BCUT2D eigenvalue weighted by Crippen LogP contribution is -2.31. The Kier molecular flexibility index (Phi) is 13.1. The van der Waals surface area contributed by atoms with Crippen LogP contribution in [0.5, 0.6) is 0 Å². The highest BCUT2D eigenvalue weighted by atomic mass is 16.5. The Bertz CT molecular complexity index is 929. The minimum Gasteiger partial charge on any atom is -0.462 e. The van der Waals surface area contributed by atoms with Crippen molar-refractivity contribution in [2.75, 3.05) is 13.2 Å². The Hall–Kier alpha value is -2.44. The van der Waals surface area contributed by atoms with Crippen molar-refractivity contribution in [2.24, 2.45) is 11.8 Å². The molecule has 0 aliphatic heterocycles. The molecule has 224 valence electrons. The molecule has 1 aromatic carbocycles. The Morgan fingerprint density at radius 2 is 1.38 bits per heavy atom. The second-order valence-corrected chi connectivity index (χ2v) is 12.6. The molecule has 0 amide bonds. The van der Waals surface area contributed by atoms with Crippen molar-refractivity contribution in [3.05, 3.63) is 59.7 Å². The smallest absolute Gasteiger partial charge is 0.336 e. The minimum absolute atomic E-state index is 0.0223. The van der Waals surface area contributed by atoms with Gasteiger partial charge in [0.2, 0.25) is 0 Å². The lowest BCUT2D eigenvalue weighted by atomic mass is 9.76. The lowest BCUT2D eigenvalue weighted by Gasteiger charge is -2.30. The Balaban J connectivity index is 1.90. The first kappa shape index (κ1) is 33.8. The molecule has 2 rings (SSSR count). The van der Waals surface area contributed by atoms with Crippen molar-refractivity contribution in [2.45, 2.75) is 116 Å². The maximum Gasteiger partial charge on any atom is 0.336 e. The lowest BCUT2D eigenvalue weighted by molar-refractivity contribution is -0.146. The summed E-state index contributed by atoms with van der Waals surface area (Å²) in [5.74, 6) is -0.381. The Morgan fingerprint density at radius 1 is 0.875 bits per heavy atom. The monoisotopic (exact) mass is 556 g/mol. The molecule has 1 aliphatic rings. The number of aliphatic hydroxyl groups is 2. The SMILES string of the molecule is C=C(C(=O)OCC(CCC1CCC(c2ccc(CCCCC)cc2)CC1)COC(=O)C(=C)C(C)(C)O)C(C)(C)O. The van der Waals surface area contributed by atoms with Crippen LogP contribution in [-0.2, 0) is 25.5 Å². The van der Waals surface area contributed by atoms with E-state index in [4.69, 9.17) is 9.47 Å². The van der Waals surface area contributed by atoms with Crippen molar-refractivity contribution < 1.29 is 29.3 Å². The van der Waals surface area contributed by atoms with E-state index in [0.717, 1.165) is 44.9 Å². The number of carbonyl (C=O) groups excluding carboxylic acids is 2. The normalized spacial score (nSPS) is 17.9. The highest BCUT2D eigenvalue weighted by Gasteiger charge is 2.29. The largest absolute Gasteiger partial charge is 0.462 e. The zero-order valence-electron chi connectivity index (χ0n) is 25.5. The highest BCUT2D eigenvalue weighted by molar-refractivity contribution is 5.90. The fourth-order valence-electron chi connectivity index (χ4n) is 5.07. The number of carbonyl (C=O) groups is 2. The van der Waals surface area contributed by atoms with Crippen LogP contribution in [0.15, 0.2) is 48.6 Å². The van der Waals surface area contributed by atoms with Gasteiger partial charge in [-0.15, -0.1) is 0 Å². The predicted octanol–water partition coefficient (Wildman–Crippen LogP) is 6.83. The number of rotatable bonds is 16. The van der Waals surface area contributed by atoms with Gasteiger partial charge in [0.1, 0.15) is 0 Å². The quantitative estimate of drug-likeness (QED) is 0.132. The summed E-state index contributed by atoms with van der Waals surface area (Å²) in [6.07, 6.45) is 11.2. The first-order valence-electron chi connectivity index (χ1n) is 15.0. The van der Waals surface area contributed by atoms with E-state index in [1.54, 1.807) is 0 Å². The van der Waals surface area contributed by atoms with Crippen LogP contribution in [0.2, 0.25) is 0 Å². The fourth-order valence-corrected chi connectivity index (χ4v) is 5.07. The van der Waals surface area contributed by atoms with Crippen LogP contribution in [0.3, 0.4) is 0 Å². The van der Waals surface area contributed by atoms with E-state index in [1.807, 2.05) is 0 Å². The second-order valence-electron chi connectivity index (χ2n) is 12.6. The molecule has 1 saturated carbocycles. The van der Waals surface area contributed by atoms with E-state index in [9.17, 15) is 19.8 Å². The zero-order valence-corrected chi connectivity index (χ0v) is 25.5. The molecule has 0 aromatic heterocycles. The molecule has 1 aliphatic carbocycles. The third-order valence-electron chi connectivity index (χ3n) is 8.22. The number of ether oxygens (including phenoxy) is 2. The van der Waals surface area contributed by atoms with Crippen LogP contribution >= 0.6 is 0 Å². The maximum atomic E-state index is 12.4. The molecule has 0 heterocycles. The van der Waals surface area contributed by atoms with Crippen molar-refractivity contribution >= 4 is 11.9 Å². The summed E-state index contributed by atoms with van der Waals surface area (Å²) in [5.41, 5.74) is 0.0654. The van der Waals surface area contributed by atoms with Crippen LogP contribution < -0.4 is 0 Å². The van der Waals surface area contributed by atoms with E-state index in [0.29, 0.717) is 11.8 Å². The van der Waals surface area contributed by atoms with Gasteiger partial charge >= 0.3 is 11.9 Å².